The maximum atomic E-state index is 5.64. The first kappa shape index (κ1) is 7.87. The van der Waals surface area contributed by atoms with Crippen LogP contribution >= 0.6 is 0 Å². The minimum Gasteiger partial charge on any atom is -0.497 e. The summed E-state index contributed by atoms with van der Waals surface area (Å²) in [5.74, 6) is 0. The zero-order valence-corrected chi connectivity index (χ0v) is 7.16. The molecule has 12 heavy (non-hydrogen) atoms. The summed E-state index contributed by atoms with van der Waals surface area (Å²) in [5, 5.41) is 0. The van der Waals surface area contributed by atoms with E-state index >= 15 is 0 Å². The average Bonchev–Trinajstić information content (AvgIpc) is 2.21. The summed E-state index contributed by atoms with van der Waals surface area (Å²) in [6.07, 6.45) is 9.75. The molecule has 1 unspecified atom stereocenters. The molecule has 2 aliphatic heterocycles. The minimum atomic E-state index is 0.323. The van der Waals surface area contributed by atoms with Crippen LogP contribution in [0.3, 0.4) is 0 Å². The highest BCUT2D eigenvalue weighted by molar-refractivity contribution is 5.19. The average molecular weight is 166 g/mol. The lowest BCUT2D eigenvalue weighted by Gasteiger charge is -2.25. The zero-order chi connectivity index (χ0) is 8.23. The van der Waals surface area contributed by atoms with Gasteiger partial charge in [0.05, 0.1) is 12.4 Å². The Kier molecular flexibility index (Phi) is 2.47. The largest absolute Gasteiger partial charge is 0.497 e. The van der Waals surface area contributed by atoms with Gasteiger partial charge < -0.3 is 9.47 Å². The summed E-state index contributed by atoms with van der Waals surface area (Å²) in [6.45, 7) is 1.62. The summed E-state index contributed by atoms with van der Waals surface area (Å²) in [5.41, 5.74) is 1.29. The van der Waals surface area contributed by atoms with Gasteiger partial charge in [-0.05, 0) is 30.9 Å². The van der Waals surface area contributed by atoms with Crippen LogP contribution < -0.4 is 0 Å². The van der Waals surface area contributed by atoms with Crippen LogP contribution in [0.15, 0.2) is 24.0 Å². The van der Waals surface area contributed by atoms with Gasteiger partial charge in [0.25, 0.3) is 0 Å². The molecule has 0 aromatic carbocycles. The maximum Gasteiger partial charge on any atom is 0.111 e. The van der Waals surface area contributed by atoms with Gasteiger partial charge in [-0.25, -0.2) is 0 Å². The molecule has 1 fully saturated rings. The van der Waals surface area contributed by atoms with E-state index in [4.69, 9.17) is 9.47 Å². The fourth-order valence-corrected chi connectivity index (χ4v) is 1.64. The first-order valence-electron chi connectivity index (χ1n) is 4.55. The Bertz CT molecular complexity index is 200. The topological polar surface area (TPSA) is 18.5 Å². The van der Waals surface area contributed by atoms with Gasteiger partial charge in [0.2, 0.25) is 0 Å². The van der Waals surface area contributed by atoms with Gasteiger partial charge in [0.1, 0.15) is 6.61 Å². The smallest absolute Gasteiger partial charge is 0.111 e. The molecule has 0 amide bonds. The standard InChI is InChI=1S/C10H14O2/c1-2-7-12-10(5-1)9-4-3-6-11-8-9/h3-4,6,10H,1-2,5,7-8H2. The molecule has 2 nitrogen and oxygen atoms in total. The van der Waals surface area contributed by atoms with Gasteiger partial charge in [-0.2, -0.15) is 0 Å². The molecule has 1 atom stereocenters. The molecule has 0 saturated carbocycles. The molecule has 0 bridgehead atoms. The quantitative estimate of drug-likeness (QED) is 0.593. The van der Waals surface area contributed by atoms with Crippen LogP contribution in [-0.4, -0.2) is 19.3 Å². The van der Waals surface area contributed by atoms with Crippen LogP contribution in [-0.2, 0) is 9.47 Å². The molecule has 0 spiro atoms. The van der Waals surface area contributed by atoms with Crippen LogP contribution in [0.2, 0.25) is 0 Å². The molecule has 0 aromatic rings. The first-order valence-corrected chi connectivity index (χ1v) is 4.55. The molecule has 1 saturated heterocycles. The summed E-state index contributed by atoms with van der Waals surface area (Å²) in [6, 6.07) is 0. The van der Waals surface area contributed by atoms with Gasteiger partial charge in [-0.3, -0.25) is 0 Å². The molecular weight excluding hydrogens is 152 g/mol. The van der Waals surface area contributed by atoms with Gasteiger partial charge in [0.15, 0.2) is 0 Å². The predicted octanol–water partition coefficient (Wildman–Crippen LogP) is 2.03. The van der Waals surface area contributed by atoms with E-state index in [1.807, 2.05) is 6.08 Å². The van der Waals surface area contributed by atoms with Gasteiger partial charge in [0, 0.05) is 6.61 Å². The van der Waals surface area contributed by atoms with E-state index in [0.29, 0.717) is 12.7 Å². The predicted molar refractivity (Wildman–Crippen MR) is 46.8 cm³/mol. The summed E-state index contributed by atoms with van der Waals surface area (Å²) >= 11 is 0. The lowest BCUT2D eigenvalue weighted by atomic mass is 10.0. The van der Waals surface area contributed by atoms with Crippen LogP contribution in [0, 0.1) is 0 Å². The molecular formula is C10H14O2. The second-order valence-electron chi connectivity index (χ2n) is 3.24. The van der Waals surface area contributed by atoms with Gasteiger partial charge in [-0.1, -0.05) is 6.08 Å². The molecule has 0 aliphatic carbocycles. The third kappa shape index (κ3) is 1.69. The number of ether oxygens (including phenoxy) is 2. The summed E-state index contributed by atoms with van der Waals surface area (Å²) in [7, 11) is 0. The van der Waals surface area contributed by atoms with Crippen molar-refractivity contribution >= 4 is 0 Å². The highest BCUT2D eigenvalue weighted by Gasteiger charge is 2.18. The number of allylic oxidation sites excluding steroid dienone is 2. The van der Waals surface area contributed by atoms with Crippen LogP contribution in [0.5, 0.6) is 0 Å². The van der Waals surface area contributed by atoms with E-state index in [1.54, 1.807) is 6.26 Å². The van der Waals surface area contributed by atoms with Crippen LogP contribution in [0.25, 0.3) is 0 Å². The summed E-state index contributed by atoms with van der Waals surface area (Å²) < 4.78 is 10.8. The molecule has 66 valence electrons. The van der Waals surface area contributed by atoms with Crippen molar-refractivity contribution in [2.24, 2.45) is 0 Å². The lowest BCUT2D eigenvalue weighted by Crippen LogP contribution is -2.24. The Labute approximate surface area is 72.9 Å². The Morgan fingerprint density at radius 2 is 2.33 bits per heavy atom. The van der Waals surface area contributed by atoms with Crippen molar-refractivity contribution in [3.05, 3.63) is 24.0 Å². The van der Waals surface area contributed by atoms with Crippen LogP contribution in [0.4, 0.5) is 0 Å². The Balaban J connectivity index is 1.97. The van der Waals surface area contributed by atoms with Gasteiger partial charge >= 0.3 is 0 Å². The number of rotatable bonds is 1. The highest BCUT2D eigenvalue weighted by atomic mass is 16.5. The Morgan fingerprint density at radius 1 is 1.33 bits per heavy atom. The molecule has 0 N–H and O–H groups in total. The third-order valence-corrected chi connectivity index (χ3v) is 2.33. The van der Waals surface area contributed by atoms with E-state index in [1.165, 1.54) is 18.4 Å². The van der Waals surface area contributed by atoms with Crippen molar-refractivity contribution < 1.29 is 9.47 Å². The minimum absolute atomic E-state index is 0.323. The van der Waals surface area contributed by atoms with E-state index in [2.05, 4.69) is 6.08 Å². The molecule has 2 rings (SSSR count). The number of hydrogen-bond donors (Lipinski definition) is 0. The van der Waals surface area contributed by atoms with Crippen molar-refractivity contribution in [2.75, 3.05) is 13.2 Å². The maximum absolute atomic E-state index is 5.64. The number of hydrogen-bond acceptors (Lipinski definition) is 2. The fraction of sp³-hybridized carbons (Fsp3) is 0.600. The second-order valence-corrected chi connectivity index (χ2v) is 3.24. The van der Waals surface area contributed by atoms with E-state index in [-0.39, 0.29) is 0 Å². The monoisotopic (exact) mass is 166 g/mol. The molecule has 2 aliphatic rings. The van der Waals surface area contributed by atoms with Crippen molar-refractivity contribution in [2.45, 2.75) is 25.4 Å². The normalized spacial score (nSPS) is 29.3. The Morgan fingerprint density at radius 3 is 3.00 bits per heavy atom. The highest BCUT2D eigenvalue weighted by Crippen LogP contribution is 2.21. The van der Waals surface area contributed by atoms with Crippen molar-refractivity contribution in [3.63, 3.8) is 0 Å². The van der Waals surface area contributed by atoms with Gasteiger partial charge in [-0.15, -0.1) is 0 Å². The van der Waals surface area contributed by atoms with Crippen molar-refractivity contribution in [1.29, 1.82) is 0 Å². The molecule has 0 aromatic heterocycles. The SMILES string of the molecule is C1=COCC(C2CCCCO2)=C1. The Hall–Kier alpha value is -0.760. The van der Waals surface area contributed by atoms with Crippen molar-refractivity contribution in [3.8, 4) is 0 Å². The first-order chi connectivity index (χ1) is 5.97. The molecule has 2 heteroatoms. The second kappa shape index (κ2) is 3.76. The lowest BCUT2D eigenvalue weighted by molar-refractivity contribution is 0.0316. The van der Waals surface area contributed by atoms with E-state index in [9.17, 15) is 0 Å². The zero-order valence-electron chi connectivity index (χ0n) is 7.16. The molecule has 0 radical (unpaired) electrons. The van der Waals surface area contributed by atoms with E-state index < -0.39 is 0 Å². The van der Waals surface area contributed by atoms with E-state index in [0.717, 1.165) is 13.0 Å². The summed E-state index contributed by atoms with van der Waals surface area (Å²) in [4.78, 5) is 0. The van der Waals surface area contributed by atoms with Crippen molar-refractivity contribution in [1.82, 2.24) is 0 Å². The molecule has 2 heterocycles. The third-order valence-electron chi connectivity index (χ3n) is 2.33. The van der Waals surface area contributed by atoms with Crippen LogP contribution in [0.1, 0.15) is 19.3 Å². The fourth-order valence-electron chi connectivity index (χ4n) is 1.64.